The first-order valence-electron chi connectivity index (χ1n) is 7.89. The molecular formula is C15H28N2O2. The third-order valence-corrected chi connectivity index (χ3v) is 4.64. The van der Waals surface area contributed by atoms with Crippen LogP contribution in [0.15, 0.2) is 0 Å². The number of carbonyl (C=O) groups is 1. The van der Waals surface area contributed by atoms with Gasteiger partial charge in [0.1, 0.15) is 0 Å². The Morgan fingerprint density at radius 1 is 1.05 bits per heavy atom. The van der Waals surface area contributed by atoms with Crippen LogP contribution in [0, 0.1) is 11.8 Å². The Hall–Kier alpha value is -0.610. The van der Waals surface area contributed by atoms with Crippen LogP contribution in [0.1, 0.15) is 51.4 Å². The van der Waals surface area contributed by atoms with Crippen LogP contribution in [0.2, 0.25) is 0 Å². The third kappa shape index (κ3) is 5.49. The van der Waals surface area contributed by atoms with E-state index in [0.29, 0.717) is 12.3 Å². The molecule has 3 N–H and O–H groups in total. The SMILES string of the molecule is O=C(CCC1CCNCC1)NCC1CCC(O)CC1. The van der Waals surface area contributed by atoms with Crippen molar-refractivity contribution in [2.75, 3.05) is 19.6 Å². The molecule has 0 aromatic carbocycles. The zero-order valence-electron chi connectivity index (χ0n) is 11.9. The van der Waals surface area contributed by atoms with Crippen LogP contribution in [0.25, 0.3) is 0 Å². The standard InChI is InChI=1S/C15H28N2O2/c18-14-4-1-13(2-5-14)11-17-15(19)6-3-12-7-9-16-10-8-12/h12-14,16,18H,1-11H2,(H,17,19). The van der Waals surface area contributed by atoms with Crippen LogP contribution in [-0.2, 0) is 4.79 Å². The molecule has 1 saturated heterocycles. The molecule has 4 heteroatoms. The fraction of sp³-hybridized carbons (Fsp3) is 0.933. The summed E-state index contributed by atoms with van der Waals surface area (Å²) < 4.78 is 0. The number of amides is 1. The van der Waals surface area contributed by atoms with E-state index in [2.05, 4.69) is 10.6 Å². The number of nitrogens with one attached hydrogen (secondary N) is 2. The van der Waals surface area contributed by atoms with Crippen molar-refractivity contribution in [1.29, 1.82) is 0 Å². The van der Waals surface area contributed by atoms with Gasteiger partial charge >= 0.3 is 0 Å². The predicted octanol–water partition coefficient (Wildman–Crippen LogP) is 1.43. The summed E-state index contributed by atoms with van der Waals surface area (Å²) in [7, 11) is 0. The lowest BCUT2D eigenvalue weighted by Gasteiger charge is -2.25. The lowest BCUT2D eigenvalue weighted by Crippen LogP contribution is -2.33. The molecule has 1 heterocycles. The van der Waals surface area contributed by atoms with Crippen LogP contribution in [0.5, 0.6) is 0 Å². The Morgan fingerprint density at radius 2 is 1.74 bits per heavy atom. The van der Waals surface area contributed by atoms with Crippen LogP contribution in [0.4, 0.5) is 0 Å². The largest absolute Gasteiger partial charge is 0.393 e. The smallest absolute Gasteiger partial charge is 0.220 e. The minimum atomic E-state index is -0.105. The van der Waals surface area contributed by atoms with E-state index in [1.54, 1.807) is 0 Å². The second-order valence-electron chi connectivity index (χ2n) is 6.21. The molecule has 4 nitrogen and oxygen atoms in total. The molecule has 1 amide bonds. The first-order chi connectivity index (χ1) is 9.24. The second-order valence-corrected chi connectivity index (χ2v) is 6.21. The molecule has 0 aromatic rings. The fourth-order valence-electron chi connectivity index (χ4n) is 3.20. The van der Waals surface area contributed by atoms with E-state index in [9.17, 15) is 9.90 Å². The van der Waals surface area contributed by atoms with E-state index >= 15 is 0 Å². The van der Waals surface area contributed by atoms with Crippen LogP contribution in [-0.4, -0.2) is 36.8 Å². The summed E-state index contributed by atoms with van der Waals surface area (Å²) in [4.78, 5) is 11.8. The monoisotopic (exact) mass is 268 g/mol. The highest BCUT2D eigenvalue weighted by molar-refractivity contribution is 5.75. The van der Waals surface area contributed by atoms with E-state index < -0.39 is 0 Å². The molecule has 0 unspecified atom stereocenters. The van der Waals surface area contributed by atoms with E-state index in [1.165, 1.54) is 12.8 Å². The Morgan fingerprint density at radius 3 is 2.42 bits per heavy atom. The summed E-state index contributed by atoms with van der Waals surface area (Å²) in [6, 6.07) is 0. The molecule has 2 rings (SSSR count). The fourth-order valence-corrected chi connectivity index (χ4v) is 3.20. The van der Waals surface area contributed by atoms with Crippen molar-refractivity contribution >= 4 is 5.91 Å². The molecule has 1 aliphatic carbocycles. The summed E-state index contributed by atoms with van der Waals surface area (Å²) in [6.07, 6.45) is 7.95. The van der Waals surface area contributed by atoms with Crippen molar-refractivity contribution in [3.8, 4) is 0 Å². The molecule has 2 aliphatic rings. The minimum Gasteiger partial charge on any atom is -0.393 e. The van der Waals surface area contributed by atoms with Crippen molar-refractivity contribution < 1.29 is 9.90 Å². The lowest BCUT2D eigenvalue weighted by atomic mass is 9.87. The Kier molecular flexibility index (Phi) is 6.11. The topological polar surface area (TPSA) is 61.4 Å². The molecule has 1 aliphatic heterocycles. The van der Waals surface area contributed by atoms with Crippen molar-refractivity contribution in [2.45, 2.75) is 57.5 Å². The van der Waals surface area contributed by atoms with E-state index in [1.807, 2.05) is 0 Å². The van der Waals surface area contributed by atoms with Crippen molar-refractivity contribution in [3.63, 3.8) is 0 Å². The number of aliphatic hydroxyl groups is 1. The number of rotatable bonds is 5. The van der Waals surface area contributed by atoms with Gasteiger partial charge in [0.2, 0.25) is 5.91 Å². The quantitative estimate of drug-likeness (QED) is 0.707. The highest BCUT2D eigenvalue weighted by Gasteiger charge is 2.20. The van der Waals surface area contributed by atoms with Gasteiger partial charge in [0.25, 0.3) is 0 Å². The predicted molar refractivity (Wildman–Crippen MR) is 75.8 cm³/mol. The molecule has 19 heavy (non-hydrogen) atoms. The van der Waals surface area contributed by atoms with Gasteiger partial charge in [-0.25, -0.2) is 0 Å². The Balaban J connectivity index is 1.54. The summed E-state index contributed by atoms with van der Waals surface area (Å²) in [5, 5.41) is 15.9. The molecule has 0 radical (unpaired) electrons. The van der Waals surface area contributed by atoms with Crippen molar-refractivity contribution in [2.24, 2.45) is 11.8 Å². The maximum Gasteiger partial charge on any atom is 0.220 e. The van der Waals surface area contributed by atoms with Gasteiger partial charge in [0.05, 0.1) is 6.10 Å². The zero-order valence-corrected chi connectivity index (χ0v) is 11.9. The number of hydrogen-bond acceptors (Lipinski definition) is 3. The highest BCUT2D eigenvalue weighted by atomic mass is 16.3. The molecule has 0 atom stereocenters. The lowest BCUT2D eigenvalue weighted by molar-refractivity contribution is -0.121. The van der Waals surface area contributed by atoms with Gasteiger partial charge in [-0.2, -0.15) is 0 Å². The van der Waals surface area contributed by atoms with Gasteiger partial charge in [-0.15, -0.1) is 0 Å². The highest BCUT2D eigenvalue weighted by Crippen LogP contribution is 2.23. The van der Waals surface area contributed by atoms with Crippen LogP contribution >= 0.6 is 0 Å². The maximum atomic E-state index is 11.8. The van der Waals surface area contributed by atoms with E-state index in [-0.39, 0.29) is 12.0 Å². The van der Waals surface area contributed by atoms with Gasteiger partial charge in [-0.05, 0) is 69.9 Å². The normalized spacial score (nSPS) is 29.1. The van der Waals surface area contributed by atoms with E-state index in [0.717, 1.165) is 57.7 Å². The Bertz CT molecular complexity index is 269. The summed E-state index contributed by atoms with van der Waals surface area (Å²) in [5.74, 6) is 1.52. The van der Waals surface area contributed by atoms with Gasteiger partial charge in [0, 0.05) is 13.0 Å². The number of aliphatic hydroxyl groups excluding tert-OH is 1. The summed E-state index contributed by atoms with van der Waals surface area (Å²) >= 11 is 0. The molecule has 0 spiro atoms. The molecule has 0 bridgehead atoms. The van der Waals surface area contributed by atoms with Gasteiger partial charge in [-0.3, -0.25) is 4.79 Å². The van der Waals surface area contributed by atoms with Gasteiger partial charge < -0.3 is 15.7 Å². The first kappa shape index (κ1) is 14.8. The van der Waals surface area contributed by atoms with Gasteiger partial charge in [-0.1, -0.05) is 0 Å². The molecule has 110 valence electrons. The summed E-state index contributed by atoms with van der Waals surface area (Å²) in [6.45, 7) is 3.02. The minimum absolute atomic E-state index is 0.105. The second kappa shape index (κ2) is 7.85. The molecule has 2 fully saturated rings. The first-order valence-corrected chi connectivity index (χ1v) is 7.89. The third-order valence-electron chi connectivity index (χ3n) is 4.64. The summed E-state index contributed by atoms with van der Waals surface area (Å²) in [5.41, 5.74) is 0. The van der Waals surface area contributed by atoms with Crippen LogP contribution in [0.3, 0.4) is 0 Å². The average Bonchev–Trinajstić information content (AvgIpc) is 2.45. The molecule has 0 aromatic heterocycles. The molecular weight excluding hydrogens is 240 g/mol. The van der Waals surface area contributed by atoms with Crippen molar-refractivity contribution in [3.05, 3.63) is 0 Å². The van der Waals surface area contributed by atoms with Crippen molar-refractivity contribution in [1.82, 2.24) is 10.6 Å². The average molecular weight is 268 g/mol. The number of hydrogen-bond donors (Lipinski definition) is 3. The van der Waals surface area contributed by atoms with E-state index in [4.69, 9.17) is 0 Å². The molecule has 1 saturated carbocycles. The number of piperidine rings is 1. The van der Waals surface area contributed by atoms with Crippen LogP contribution < -0.4 is 10.6 Å². The zero-order chi connectivity index (χ0) is 13.5. The van der Waals surface area contributed by atoms with Gasteiger partial charge in [0.15, 0.2) is 0 Å². The number of carbonyl (C=O) groups excluding carboxylic acids is 1. The Labute approximate surface area is 116 Å². The maximum absolute atomic E-state index is 11.8.